The fraction of sp³-hybridized carbons (Fsp3) is 0.538. The molecule has 17 heavy (non-hydrogen) atoms. The summed E-state index contributed by atoms with van der Waals surface area (Å²) in [6, 6.07) is 5.95. The Morgan fingerprint density at radius 3 is 2.88 bits per heavy atom. The summed E-state index contributed by atoms with van der Waals surface area (Å²) >= 11 is 9.53. The zero-order valence-corrected chi connectivity index (χ0v) is 12.0. The van der Waals surface area contributed by atoms with Gasteiger partial charge in [0.05, 0.1) is 6.10 Å². The predicted octanol–water partition coefficient (Wildman–Crippen LogP) is 3.35. The van der Waals surface area contributed by atoms with Crippen molar-refractivity contribution in [3.05, 3.63) is 33.3 Å². The summed E-state index contributed by atoms with van der Waals surface area (Å²) in [5, 5.41) is 13.6. The molecular weight excluding hydrogens is 302 g/mol. The molecule has 0 bridgehead atoms. The van der Waals surface area contributed by atoms with Crippen molar-refractivity contribution in [3.8, 4) is 0 Å². The maximum Gasteiger partial charge on any atom is 0.0543 e. The molecule has 1 aliphatic rings. The van der Waals surface area contributed by atoms with Gasteiger partial charge in [0, 0.05) is 16.0 Å². The third kappa shape index (κ3) is 3.95. The van der Waals surface area contributed by atoms with Crippen molar-refractivity contribution in [1.82, 2.24) is 5.32 Å². The molecule has 0 aromatic heterocycles. The molecule has 0 spiro atoms. The Balaban J connectivity index is 1.78. The van der Waals surface area contributed by atoms with E-state index in [2.05, 4.69) is 21.2 Å². The molecule has 0 heterocycles. The van der Waals surface area contributed by atoms with Crippen molar-refractivity contribution in [2.45, 2.75) is 31.9 Å². The molecule has 2 unspecified atom stereocenters. The summed E-state index contributed by atoms with van der Waals surface area (Å²) in [4.78, 5) is 0. The Morgan fingerprint density at radius 2 is 2.24 bits per heavy atom. The Labute approximate surface area is 115 Å². The number of halogens is 2. The molecule has 0 radical (unpaired) electrons. The summed E-state index contributed by atoms with van der Waals surface area (Å²) < 4.78 is 1.00. The standard InChI is InChI=1S/C13H17BrClNO/c14-11-3-2-10(13(15)6-11)8-16-7-9-1-4-12(17)5-9/h2-3,6,9,12,16-17H,1,4-5,7-8H2. The molecule has 94 valence electrons. The summed E-state index contributed by atoms with van der Waals surface area (Å²) in [6.45, 7) is 1.75. The van der Waals surface area contributed by atoms with E-state index in [9.17, 15) is 5.11 Å². The molecule has 0 aliphatic heterocycles. The molecular formula is C13H17BrClNO. The summed E-state index contributed by atoms with van der Waals surface area (Å²) in [7, 11) is 0. The highest BCUT2D eigenvalue weighted by Crippen LogP contribution is 2.25. The van der Waals surface area contributed by atoms with Gasteiger partial charge in [0.15, 0.2) is 0 Å². The summed E-state index contributed by atoms with van der Waals surface area (Å²) in [5.74, 6) is 0.610. The van der Waals surface area contributed by atoms with Crippen LogP contribution in [0, 0.1) is 5.92 Å². The smallest absolute Gasteiger partial charge is 0.0543 e. The van der Waals surface area contributed by atoms with Gasteiger partial charge in [0.1, 0.15) is 0 Å². The van der Waals surface area contributed by atoms with Crippen molar-refractivity contribution in [2.75, 3.05) is 6.54 Å². The van der Waals surface area contributed by atoms with E-state index < -0.39 is 0 Å². The lowest BCUT2D eigenvalue weighted by Gasteiger charge is -2.11. The van der Waals surface area contributed by atoms with Crippen LogP contribution in [0.25, 0.3) is 0 Å². The van der Waals surface area contributed by atoms with Gasteiger partial charge >= 0.3 is 0 Å². The Morgan fingerprint density at radius 1 is 1.41 bits per heavy atom. The lowest BCUT2D eigenvalue weighted by molar-refractivity contribution is 0.177. The van der Waals surface area contributed by atoms with Crippen molar-refractivity contribution in [1.29, 1.82) is 0 Å². The van der Waals surface area contributed by atoms with Crippen LogP contribution in [0.5, 0.6) is 0 Å². The molecule has 2 N–H and O–H groups in total. The van der Waals surface area contributed by atoms with Crippen LogP contribution in [0.15, 0.2) is 22.7 Å². The van der Waals surface area contributed by atoms with E-state index in [0.717, 1.165) is 47.4 Å². The van der Waals surface area contributed by atoms with E-state index in [-0.39, 0.29) is 6.10 Å². The number of rotatable bonds is 4. The van der Waals surface area contributed by atoms with Gasteiger partial charge in [-0.05, 0) is 49.4 Å². The van der Waals surface area contributed by atoms with E-state index in [0.29, 0.717) is 5.92 Å². The number of hydrogen-bond acceptors (Lipinski definition) is 2. The van der Waals surface area contributed by atoms with Crippen LogP contribution >= 0.6 is 27.5 Å². The van der Waals surface area contributed by atoms with Crippen molar-refractivity contribution < 1.29 is 5.11 Å². The molecule has 1 aromatic rings. The van der Waals surface area contributed by atoms with E-state index in [1.165, 1.54) is 0 Å². The van der Waals surface area contributed by atoms with Gasteiger partial charge < -0.3 is 10.4 Å². The molecule has 1 saturated carbocycles. The maximum atomic E-state index is 9.44. The third-order valence-electron chi connectivity index (χ3n) is 3.28. The van der Waals surface area contributed by atoms with Crippen molar-refractivity contribution >= 4 is 27.5 Å². The van der Waals surface area contributed by atoms with Gasteiger partial charge in [-0.2, -0.15) is 0 Å². The predicted molar refractivity (Wildman–Crippen MR) is 74.2 cm³/mol. The largest absolute Gasteiger partial charge is 0.393 e. The van der Waals surface area contributed by atoms with Gasteiger partial charge in [-0.3, -0.25) is 0 Å². The van der Waals surface area contributed by atoms with Crippen molar-refractivity contribution in [2.24, 2.45) is 5.92 Å². The molecule has 4 heteroatoms. The minimum Gasteiger partial charge on any atom is -0.393 e. The van der Waals surface area contributed by atoms with Gasteiger partial charge in [-0.15, -0.1) is 0 Å². The van der Waals surface area contributed by atoms with E-state index in [1.807, 2.05) is 18.2 Å². The van der Waals surface area contributed by atoms with E-state index >= 15 is 0 Å². The van der Waals surface area contributed by atoms with Crippen LogP contribution in [0.1, 0.15) is 24.8 Å². The SMILES string of the molecule is OC1CCC(CNCc2ccc(Br)cc2Cl)C1. The van der Waals surface area contributed by atoms with Gasteiger partial charge in [-0.25, -0.2) is 0 Å². The Bertz CT molecular complexity index is 386. The number of aliphatic hydroxyl groups excluding tert-OH is 1. The van der Waals surface area contributed by atoms with Gasteiger partial charge in [-0.1, -0.05) is 33.6 Å². The molecule has 2 nitrogen and oxygen atoms in total. The lowest BCUT2D eigenvalue weighted by atomic mass is 10.1. The van der Waals surface area contributed by atoms with Crippen LogP contribution in [0.4, 0.5) is 0 Å². The number of benzene rings is 1. The van der Waals surface area contributed by atoms with Crippen LogP contribution in [0.3, 0.4) is 0 Å². The zero-order valence-electron chi connectivity index (χ0n) is 9.63. The minimum absolute atomic E-state index is 0.0851. The van der Waals surface area contributed by atoms with Gasteiger partial charge in [0.25, 0.3) is 0 Å². The first-order chi connectivity index (χ1) is 8.15. The zero-order chi connectivity index (χ0) is 12.3. The molecule has 1 aromatic carbocycles. The van der Waals surface area contributed by atoms with E-state index in [4.69, 9.17) is 11.6 Å². The maximum absolute atomic E-state index is 9.44. The normalized spacial score (nSPS) is 24.2. The fourth-order valence-corrected chi connectivity index (χ4v) is 3.05. The highest BCUT2D eigenvalue weighted by Gasteiger charge is 2.22. The second-order valence-electron chi connectivity index (χ2n) is 4.70. The average molecular weight is 319 g/mol. The quantitative estimate of drug-likeness (QED) is 0.892. The number of hydrogen-bond donors (Lipinski definition) is 2. The third-order valence-corrected chi connectivity index (χ3v) is 4.12. The van der Waals surface area contributed by atoms with Crippen LogP contribution < -0.4 is 5.32 Å². The molecule has 2 atom stereocenters. The highest BCUT2D eigenvalue weighted by molar-refractivity contribution is 9.10. The molecule has 1 fully saturated rings. The topological polar surface area (TPSA) is 32.3 Å². The first-order valence-corrected chi connectivity index (χ1v) is 7.15. The average Bonchev–Trinajstić information content (AvgIpc) is 2.68. The van der Waals surface area contributed by atoms with E-state index in [1.54, 1.807) is 0 Å². The minimum atomic E-state index is -0.0851. The second kappa shape index (κ2) is 6.19. The molecule has 0 saturated heterocycles. The Hall–Kier alpha value is -0.0900. The summed E-state index contributed by atoms with van der Waals surface area (Å²) in [6.07, 6.45) is 2.92. The fourth-order valence-electron chi connectivity index (χ4n) is 2.31. The summed E-state index contributed by atoms with van der Waals surface area (Å²) in [5.41, 5.74) is 1.12. The van der Waals surface area contributed by atoms with Crippen LogP contribution in [0.2, 0.25) is 5.02 Å². The number of nitrogens with one attached hydrogen (secondary N) is 1. The first kappa shape index (κ1) is 13.3. The lowest BCUT2D eigenvalue weighted by Crippen LogP contribution is -2.21. The van der Waals surface area contributed by atoms with Crippen LogP contribution in [-0.4, -0.2) is 17.8 Å². The highest BCUT2D eigenvalue weighted by atomic mass is 79.9. The van der Waals surface area contributed by atoms with Gasteiger partial charge in [0.2, 0.25) is 0 Å². The molecule has 0 amide bonds. The second-order valence-corrected chi connectivity index (χ2v) is 6.02. The molecule has 1 aliphatic carbocycles. The monoisotopic (exact) mass is 317 g/mol. The van der Waals surface area contributed by atoms with Crippen LogP contribution in [-0.2, 0) is 6.54 Å². The first-order valence-electron chi connectivity index (χ1n) is 5.98. The number of aliphatic hydroxyl groups is 1. The molecule has 2 rings (SSSR count). The van der Waals surface area contributed by atoms with Crippen molar-refractivity contribution in [3.63, 3.8) is 0 Å². The Kier molecular flexibility index (Phi) is 4.86.